The van der Waals surface area contributed by atoms with Crippen molar-refractivity contribution in [3.05, 3.63) is 23.0 Å². The zero-order chi connectivity index (χ0) is 8.27. The van der Waals surface area contributed by atoms with Gasteiger partial charge in [0.2, 0.25) is 0 Å². The highest BCUT2D eigenvalue weighted by atomic mass is 14.9. The van der Waals surface area contributed by atoms with Gasteiger partial charge in [-0.3, -0.25) is 4.99 Å². The van der Waals surface area contributed by atoms with Crippen LogP contribution < -0.4 is 5.32 Å². The molecular weight excluding hydrogens is 136 g/mol. The van der Waals surface area contributed by atoms with Crippen molar-refractivity contribution in [2.24, 2.45) is 4.99 Å². The maximum absolute atomic E-state index is 4.29. The lowest BCUT2D eigenvalue weighted by molar-refractivity contribution is 0.906. The number of hydrogen-bond acceptors (Lipinski definition) is 2. The van der Waals surface area contributed by atoms with Gasteiger partial charge in [0.1, 0.15) is 0 Å². The summed E-state index contributed by atoms with van der Waals surface area (Å²) in [7, 11) is 0. The third-order valence-corrected chi connectivity index (χ3v) is 1.78. The highest BCUT2D eigenvalue weighted by Crippen LogP contribution is 2.05. The van der Waals surface area contributed by atoms with Crippen LogP contribution in [0.3, 0.4) is 0 Å². The van der Waals surface area contributed by atoms with Gasteiger partial charge in [-0.1, -0.05) is 0 Å². The maximum Gasteiger partial charge on any atom is 0.0379 e. The van der Waals surface area contributed by atoms with Gasteiger partial charge in [-0.25, -0.2) is 0 Å². The van der Waals surface area contributed by atoms with Gasteiger partial charge in [-0.2, -0.15) is 0 Å². The minimum absolute atomic E-state index is 0.903. The monoisotopic (exact) mass is 150 g/mol. The van der Waals surface area contributed by atoms with E-state index >= 15 is 0 Å². The Kier molecular flexibility index (Phi) is 2.47. The molecule has 0 aromatic heterocycles. The molecule has 0 bridgehead atoms. The molecule has 1 rings (SSSR count). The van der Waals surface area contributed by atoms with E-state index in [0.717, 1.165) is 17.8 Å². The van der Waals surface area contributed by atoms with Crippen LogP contribution in [0.2, 0.25) is 0 Å². The van der Waals surface area contributed by atoms with E-state index in [1.54, 1.807) is 0 Å². The van der Waals surface area contributed by atoms with Gasteiger partial charge in [0, 0.05) is 24.7 Å². The number of nitrogens with zero attached hydrogens (tertiary/aromatic N) is 1. The summed E-state index contributed by atoms with van der Waals surface area (Å²) in [5.41, 5.74) is 3.58. The lowest BCUT2D eigenvalue weighted by Crippen LogP contribution is -2.11. The van der Waals surface area contributed by atoms with E-state index in [1.165, 1.54) is 5.57 Å². The van der Waals surface area contributed by atoms with Gasteiger partial charge in [-0.15, -0.1) is 0 Å². The van der Waals surface area contributed by atoms with Crippen molar-refractivity contribution in [3.8, 4) is 0 Å². The number of rotatable bonds is 0. The second-order valence-electron chi connectivity index (χ2n) is 2.89. The molecule has 2 nitrogen and oxygen atoms in total. The smallest absolute Gasteiger partial charge is 0.0379 e. The minimum atomic E-state index is 0.903. The molecule has 11 heavy (non-hydrogen) atoms. The number of allylic oxidation sites excluding steroid dienone is 2. The quantitative estimate of drug-likeness (QED) is 0.560. The summed E-state index contributed by atoms with van der Waals surface area (Å²) in [6.07, 6.45) is 3.87. The molecule has 0 unspecified atom stereocenters. The lowest BCUT2D eigenvalue weighted by Gasteiger charge is -2.07. The van der Waals surface area contributed by atoms with Crippen molar-refractivity contribution in [1.82, 2.24) is 5.32 Å². The summed E-state index contributed by atoms with van der Waals surface area (Å²) >= 11 is 0. The zero-order valence-corrected chi connectivity index (χ0v) is 7.31. The first kappa shape index (κ1) is 8.05. The molecule has 0 amide bonds. The summed E-state index contributed by atoms with van der Waals surface area (Å²) in [5, 5.41) is 3.21. The van der Waals surface area contributed by atoms with E-state index in [0.29, 0.717) is 0 Å². The standard InChI is InChI=1S/C9H14N2/c1-7-4-10-6-8(2)9(3)11-5-7/h4-5,10H,6H2,1-3H3/b7-4-,9-8+,11-5-. The molecule has 2 heteroatoms. The van der Waals surface area contributed by atoms with Crippen LogP contribution in [0.15, 0.2) is 28.0 Å². The van der Waals surface area contributed by atoms with Crippen LogP contribution in [0.1, 0.15) is 20.8 Å². The molecule has 1 N–H and O–H groups in total. The lowest BCUT2D eigenvalue weighted by atomic mass is 10.2. The average molecular weight is 150 g/mol. The van der Waals surface area contributed by atoms with E-state index in [2.05, 4.69) is 17.2 Å². The summed E-state index contributed by atoms with van der Waals surface area (Å²) < 4.78 is 0. The normalized spacial score (nSPS) is 32.8. The van der Waals surface area contributed by atoms with E-state index < -0.39 is 0 Å². The molecule has 0 saturated heterocycles. The average Bonchev–Trinajstić information content (AvgIpc) is 1.98. The van der Waals surface area contributed by atoms with Gasteiger partial charge >= 0.3 is 0 Å². The van der Waals surface area contributed by atoms with Crippen molar-refractivity contribution < 1.29 is 0 Å². The number of hydrogen-bond donors (Lipinski definition) is 1. The van der Waals surface area contributed by atoms with E-state index in [-0.39, 0.29) is 0 Å². The van der Waals surface area contributed by atoms with E-state index in [4.69, 9.17) is 0 Å². The Bertz CT molecular complexity index is 234. The summed E-state index contributed by atoms with van der Waals surface area (Å²) in [5.74, 6) is 0. The van der Waals surface area contributed by atoms with Gasteiger partial charge in [0.25, 0.3) is 0 Å². The second kappa shape index (κ2) is 3.37. The molecule has 0 aromatic rings. The van der Waals surface area contributed by atoms with Gasteiger partial charge < -0.3 is 5.32 Å². The molecular formula is C9H14N2. The molecule has 60 valence electrons. The van der Waals surface area contributed by atoms with Crippen molar-refractivity contribution in [2.75, 3.05) is 6.54 Å². The molecule has 1 heterocycles. The number of nitrogens with one attached hydrogen (secondary N) is 1. The zero-order valence-electron chi connectivity index (χ0n) is 7.31. The predicted molar refractivity (Wildman–Crippen MR) is 48.6 cm³/mol. The fraction of sp³-hybridized carbons (Fsp3) is 0.444. The van der Waals surface area contributed by atoms with Gasteiger partial charge in [-0.05, 0) is 31.9 Å². The molecule has 1 aliphatic heterocycles. The van der Waals surface area contributed by atoms with Crippen molar-refractivity contribution in [1.29, 1.82) is 0 Å². The van der Waals surface area contributed by atoms with E-state index in [9.17, 15) is 0 Å². The Morgan fingerprint density at radius 2 is 2.09 bits per heavy atom. The molecule has 0 spiro atoms. The molecule has 0 fully saturated rings. The Morgan fingerprint density at radius 1 is 1.36 bits per heavy atom. The van der Waals surface area contributed by atoms with Crippen molar-refractivity contribution >= 4 is 6.21 Å². The topological polar surface area (TPSA) is 24.4 Å². The Labute approximate surface area is 67.7 Å². The molecule has 0 atom stereocenters. The largest absolute Gasteiger partial charge is 0.387 e. The second-order valence-corrected chi connectivity index (χ2v) is 2.89. The third-order valence-electron chi connectivity index (χ3n) is 1.78. The first-order valence-electron chi connectivity index (χ1n) is 3.80. The fourth-order valence-corrected chi connectivity index (χ4v) is 0.839. The molecule has 0 saturated carbocycles. The Hall–Kier alpha value is -1.05. The van der Waals surface area contributed by atoms with Crippen molar-refractivity contribution in [2.45, 2.75) is 20.8 Å². The molecule has 0 radical (unpaired) electrons. The van der Waals surface area contributed by atoms with Crippen LogP contribution in [-0.4, -0.2) is 12.8 Å². The van der Waals surface area contributed by atoms with Crippen molar-refractivity contribution in [3.63, 3.8) is 0 Å². The van der Waals surface area contributed by atoms with Gasteiger partial charge in [0.05, 0.1) is 0 Å². The predicted octanol–water partition coefficient (Wildman–Crippen LogP) is 1.86. The summed E-state index contributed by atoms with van der Waals surface area (Å²) in [6.45, 7) is 7.06. The van der Waals surface area contributed by atoms with Crippen LogP contribution in [-0.2, 0) is 0 Å². The van der Waals surface area contributed by atoms with Crippen LogP contribution in [0.4, 0.5) is 0 Å². The molecule has 0 aliphatic carbocycles. The highest BCUT2D eigenvalue weighted by Gasteiger charge is 1.96. The number of aliphatic imine (C=N–C) groups is 1. The van der Waals surface area contributed by atoms with Crippen LogP contribution in [0.25, 0.3) is 0 Å². The minimum Gasteiger partial charge on any atom is -0.387 e. The summed E-state index contributed by atoms with van der Waals surface area (Å²) in [6, 6.07) is 0. The molecule has 1 aliphatic rings. The van der Waals surface area contributed by atoms with Gasteiger partial charge in [0.15, 0.2) is 0 Å². The Morgan fingerprint density at radius 3 is 2.82 bits per heavy atom. The SMILES string of the molecule is CC1=C/NC/C(C)=C(C)/N=C\1. The maximum atomic E-state index is 4.29. The summed E-state index contributed by atoms with van der Waals surface area (Å²) in [4.78, 5) is 4.29. The van der Waals surface area contributed by atoms with Crippen LogP contribution >= 0.6 is 0 Å². The van der Waals surface area contributed by atoms with Crippen LogP contribution in [0, 0.1) is 0 Å². The third kappa shape index (κ3) is 2.22. The fourth-order valence-electron chi connectivity index (χ4n) is 0.839. The highest BCUT2D eigenvalue weighted by molar-refractivity contribution is 5.78. The first-order chi connectivity index (χ1) is 5.20. The molecule has 0 aromatic carbocycles. The first-order valence-corrected chi connectivity index (χ1v) is 3.80. The Balaban J connectivity index is 2.85. The van der Waals surface area contributed by atoms with Crippen LogP contribution in [0.5, 0.6) is 0 Å². The van der Waals surface area contributed by atoms with E-state index in [1.807, 2.05) is 26.3 Å².